The Balaban J connectivity index is 1.88. The Kier molecular flexibility index (Phi) is 5.82. The van der Waals surface area contributed by atoms with Gasteiger partial charge >= 0.3 is 5.97 Å². The maximum Gasteiger partial charge on any atom is 0.338 e. The summed E-state index contributed by atoms with van der Waals surface area (Å²) in [6.45, 7) is 3.79. The summed E-state index contributed by atoms with van der Waals surface area (Å²) in [6.07, 6.45) is 5.62. The van der Waals surface area contributed by atoms with E-state index in [9.17, 15) is 9.59 Å². The highest BCUT2D eigenvalue weighted by Crippen LogP contribution is 2.26. The lowest BCUT2D eigenvalue weighted by atomic mass is 10.0. The van der Waals surface area contributed by atoms with E-state index in [1.165, 1.54) is 18.4 Å². The fourth-order valence-electron chi connectivity index (χ4n) is 3.50. The molecule has 6 heteroatoms. The number of carbonyl (C=O) groups excluding carboxylic acids is 1. The van der Waals surface area contributed by atoms with Crippen molar-refractivity contribution in [1.29, 1.82) is 0 Å². The van der Waals surface area contributed by atoms with Gasteiger partial charge in [-0.15, -0.1) is 0 Å². The predicted molar refractivity (Wildman–Crippen MR) is 123 cm³/mol. The number of aryl methyl sites for hydroxylation is 1. The van der Waals surface area contributed by atoms with E-state index in [0.717, 1.165) is 16.7 Å². The molecular formula is C25H22N2O3S. The minimum absolute atomic E-state index is 0.180. The van der Waals surface area contributed by atoms with E-state index in [1.54, 1.807) is 11.5 Å². The van der Waals surface area contributed by atoms with E-state index >= 15 is 0 Å². The normalized spacial score (nSPS) is 16.4. The number of allylic oxidation sites excluding steroid dienone is 2. The Morgan fingerprint density at radius 1 is 1.06 bits per heavy atom. The Morgan fingerprint density at radius 3 is 2.45 bits per heavy atom. The average Bonchev–Trinajstić information content (AvgIpc) is 3.08. The number of esters is 1. The summed E-state index contributed by atoms with van der Waals surface area (Å²) in [5, 5.41) is 0. The third-order valence-corrected chi connectivity index (χ3v) is 6.10. The first-order chi connectivity index (χ1) is 15.0. The standard InChI is InChI=1S/C25H22N2O3S/c1-16-9-11-19(12-10-16)15-21-23(28)27-20(14-13-18-7-5-4-6-8-18)22(24(29)30-3)17(2)26-25(27)31-21/h4-15,20H,1-3H3/b14-13+,21-15-/t20-/m1/s1. The van der Waals surface area contributed by atoms with E-state index in [0.29, 0.717) is 20.6 Å². The quantitative estimate of drug-likeness (QED) is 0.596. The molecule has 1 atom stereocenters. The third kappa shape index (κ3) is 4.20. The van der Waals surface area contributed by atoms with Gasteiger partial charge in [0.25, 0.3) is 5.56 Å². The lowest BCUT2D eigenvalue weighted by molar-refractivity contribution is -0.136. The molecule has 0 fully saturated rings. The van der Waals surface area contributed by atoms with Crippen molar-refractivity contribution in [2.45, 2.75) is 19.9 Å². The number of rotatable bonds is 4. The number of methoxy groups -OCH3 is 1. The van der Waals surface area contributed by atoms with Crippen molar-refractivity contribution in [3.63, 3.8) is 0 Å². The van der Waals surface area contributed by atoms with E-state index < -0.39 is 12.0 Å². The van der Waals surface area contributed by atoms with Gasteiger partial charge in [-0.1, -0.05) is 83.6 Å². The topological polar surface area (TPSA) is 60.7 Å². The highest BCUT2D eigenvalue weighted by Gasteiger charge is 2.29. The van der Waals surface area contributed by atoms with Gasteiger partial charge < -0.3 is 4.74 Å². The maximum atomic E-state index is 13.3. The van der Waals surface area contributed by atoms with Crippen molar-refractivity contribution in [3.8, 4) is 0 Å². The second kappa shape index (κ2) is 8.70. The molecule has 1 aliphatic heterocycles. The summed E-state index contributed by atoms with van der Waals surface area (Å²) >= 11 is 1.32. The number of hydrogen-bond donors (Lipinski definition) is 0. The van der Waals surface area contributed by atoms with Crippen molar-refractivity contribution in [2.75, 3.05) is 7.11 Å². The van der Waals surface area contributed by atoms with E-state index in [-0.39, 0.29) is 5.56 Å². The SMILES string of the molecule is COC(=O)C1=C(C)N=c2s/c(=C\c3ccc(C)cc3)c(=O)n2[C@@H]1/C=C/c1ccccc1. The van der Waals surface area contributed by atoms with Crippen LogP contribution in [0.25, 0.3) is 12.2 Å². The second-order valence-corrected chi connectivity index (χ2v) is 8.31. The Bertz CT molecular complexity index is 1360. The molecule has 0 saturated heterocycles. The Labute approximate surface area is 184 Å². The molecule has 0 saturated carbocycles. The molecule has 0 N–H and O–H groups in total. The molecule has 0 amide bonds. The van der Waals surface area contributed by atoms with Crippen LogP contribution >= 0.6 is 11.3 Å². The molecule has 1 aliphatic rings. The van der Waals surface area contributed by atoms with Crippen molar-refractivity contribution in [2.24, 2.45) is 4.99 Å². The molecule has 1 aromatic heterocycles. The fraction of sp³-hybridized carbons (Fsp3) is 0.160. The molecule has 156 valence electrons. The Morgan fingerprint density at radius 2 is 1.77 bits per heavy atom. The highest BCUT2D eigenvalue weighted by atomic mass is 32.1. The molecule has 0 radical (unpaired) electrons. The molecule has 0 bridgehead atoms. The number of ether oxygens (including phenoxy) is 1. The third-order valence-electron chi connectivity index (χ3n) is 5.11. The summed E-state index contributed by atoms with van der Waals surface area (Å²) in [5.41, 5.74) is 3.81. The van der Waals surface area contributed by atoms with Gasteiger partial charge in [0.15, 0.2) is 4.80 Å². The van der Waals surface area contributed by atoms with Gasteiger partial charge in [-0.25, -0.2) is 9.79 Å². The van der Waals surface area contributed by atoms with Gasteiger partial charge in [-0.3, -0.25) is 9.36 Å². The molecule has 5 nitrogen and oxygen atoms in total. The summed E-state index contributed by atoms with van der Waals surface area (Å²) < 4.78 is 7.14. The van der Waals surface area contributed by atoms with Crippen LogP contribution in [0.3, 0.4) is 0 Å². The van der Waals surface area contributed by atoms with Gasteiger partial charge in [-0.2, -0.15) is 0 Å². The van der Waals surface area contributed by atoms with E-state index in [1.807, 2.05) is 79.7 Å². The zero-order valence-electron chi connectivity index (χ0n) is 17.5. The fourth-order valence-corrected chi connectivity index (χ4v) is 4.55. The van der Waals surface area contributed by atoms with Crippen LogP contribution in [-0.4, -0.2) is 17.6 Å². The number of fused-ring (bicyclic) bond motifs is 1. The van der Waals surface area contributed by atoms with Crippen LogP contribution in [-0.2, 0) is 9.53 Å². The van der Waals surface area contributed by atoms with Crippen molar-refractivity contribution >= 4 is 29.5 Å². The first kappa shape index (κ1) is 20.8. The maximum absolute atomic E-state index is 13.3. The molecule has 0 unspecified atom stereocenters. The van der Waals surface area contributed by atoms with E-state index in [4.69, 9.17) is 4.74 Å². The first-order valence-electron chi connectivity index (χ1n) is 9.88. The molecule has 0 aliphatic carbocycles. The molecule has 2 heterocycles. The summed E-state index contributed by atoms with van der Waals surface area (Å²) in [7, 11) is 1.34. The average molecular weight is 431 g/mol. The smallest absolute Gasteiger partial charge is 0.338 e. The summed E-state index contributed by atoms with van der Waals surface area (Å²) in [6, 6.07) is 17.1. The lowest BCUT2D eigenvalue weighted by Crippen LogP contribution is -2.38. The molecule has 3 aromatic rings. The van der Waals surface area contributed by atoms with Gasteiger partial charge in [0.1, 0.15) is 0 Å². The molecule has 0 spiro atoms. The minimum Gasteiger partial charge on any atom is -0.466 e. The molecule has 4 rings (SSSR count). The van der Waals surface area contributed by atoms with Crippen LogP contribution in [0.4, 0.5) is 0 Å². The molecule has 2 aromatic carbocycles. The zero-order chi connectivity index (χ0) is 22.0. The number of aromatic nitrogens is 1. The second-order valence-electron chi connectivity index (χ2n) is 7.30. The predicted octanol–water partition coefficient (Wildman–Crippen LogP) is 3.38. The highest BCUT2D eigenvalue weighted by molar-refractivity contribution is 7.07. The zero-order valence-corrected chi connectivity index (χ0v) is 18.3. The Hall–Kier alpha value is -3.51. The van der Waals surface area contributed by atoms with Crippen LogP contribution in [0.1, 0.15) is 29.7 Å². The van der Waals surface area contributed by atoms with Crippen LogP contribution in [0.2, 0.25) is 0 Å². The number of benzene rings is 2. The van der Waals surface area contributed by atoms with Crippen LogP contribution in [0.5, 0.6) is 0 Å². The van der Waals surface area contributed by atoms with E-state index in [2.05, 4.69) is 4.99 Å². The van der Waals surface area contributed by atoms with Crippen LogP contribution in [0, 0.1) is 6.92 Å². The summed E-state index contributed by atoms with van der Waals surface area (Å²) in [4.78, 5) is 31.0. The molecule has 31 heavy (non-hydrogen) atoms. The largest absolute Gasteiger partial charge is 0.466 e. The van der Waals surface area contributed by atoms with Gasteiger partial charge in [0, 0.05) is 0 Å². The number of nitrogens with zero attached hydrogens (tertiary/aromatic N) is 2. The summed E-state index contributed by atoms with van der Waals surface area (Å²) in [5.74, 6) is -0.489. The van der Waals surface area contributed by atoms with Crippen LogP contribution < -0.4 is 14.9 Å². The minimum atomic E-state index is -0.593. The van der Waals surface area contributed by atoms with Crippen molar-refractivity contribution in [3.05, 3.63) is 108 Å². The van der Waals surface area contributed by atoms with Crippen LogP contribution in [0.15, 0.2) is 81.7 Å². The van der Waals surface area contributed by atoms with Gasteiger partial charge in [-0.05, 0) is 31.1 Å². The molecular weight excluding hydrogens is 408 g/mol. The van der Waals surface area contributed by atoms with Crippen molar-refractivity contribution < 1.29 is 9.53 Å². The number of thiazole rings is 1. The lowest BCUT2D eigenvalue weighted by Gasteiger charge is -2.21. The number of carbonyl (C=O) groups is 1. The monoisotopic (exact) mass is 430 g/mol. The van der Waals surface area contributed by atoms with Gasteiger partial charge in [0.05, 0.1) is 29.0 Å². The number of hydrogen-bond acceptors (Lipinski definition) is 5. The van der Waals surface area contributed by atoms with Crippen molar-refractivity contribution in [1.82, 2.24) is 4.57 Å². The van der Waals surface area contributed by atoms with Gasteiger partial charge in [0.2, 0.25) is 0 Å². The first-order valence-corrected chi connectivity index (χ1v) is 10.7.